The normalized spacial score (nSPS) is 11.2. The fraction of sp³-hybridized carbons (Fsp3) is 0.192. The number of hydrogen-bond acceptors (Lipinski definition) is 5. The van der Waals surface area contributed by atoms with Crippen molar-refractivity contribution in [2.75, 3.05) is 6.61 Å². The van der Waals surface area contributed by atoms with Crippen LogP contribution in [-0.4, -0.2) is 23.7 Å². The number of thiazole rings is 1. The van der Waals surface area contributed by atoms with E-state index in [1.165, 1.54) is 11.3 Å². The third-order valence-corrected chi connectivity index (χ3v) is 6.27. The number of carbonyl (C=O) groups is 1. The van der Waals surface area contributed by atoms with Crippen LogP contribution in [0.2, 0.25) is 0 Å². The van der Waals surface area contributed by atoms with Crippen LogP contribution < -0.4 is 10.2 Å². The second-order valence-corrected chi connectivity index (χ2v) is 8.40. The molecule has 1 N–H and O–H groups in total. The van der Waals surface area contributed by atoms with Crippen LogP contribution in [-0.2, 0) is 0 Å². The maximum absolute atomic E-state index is 12.8. The summed E-state index contributed by atoms with van der Waals surface area (Å²) in [7, 11) is 0. The van der Waals surface area contributed by atoms with Crippen molar-refractivity contribution in [1.29, 1.82) is 0 Å². The average Bonchev–Trinajstić information content (AvgIpc) is 3.22. The van der Waals surface area contributed by atoms with E-state index in [0.29, 0.717) is 17.2 Å². The molecule has 0 saturated heterocycles. The van der Waals surface area contributed by atoms with Crippen molar-refractivity contribution in [3.63, 3.8) is 0 Å². The van der Waals surface area contributed by atoms with Crippen LogP contribution in [0, 0.1) is 6.92 Å². The molecule has 1 aromatic heterocycles. The molecule has 0 unspecified atom stereocenters. The summed E-state index contributed by atoms with van der Waals surface area (Å²) in [6, 6.07) is 21.9. The van der Waals surface area contributed by atoms with Gasteiger partial charge in [-0.25, -0.2) is 10.4 Å². The number of amides is 1. The maximum atomic E-state index is 12.8. The van der Waals surface area contributed by atoms with Crippen molar-refractivity contribution in [1.82, 2.24) is 10.4 Å². The third kappa shape index (κ3) is 4.86. The third-order valence-electron chi connectivity index (χ3n) is 5.07. The molecule has 0 saturated carbocycles. The number of aryl methyl sites for hydroxylation is 1. The summed E-state index contributed by atoms with van der Waals surface area (Å²) >= 11 is 1.36. The molecule has 4 aromatic rings. The molecule has 4 rings (SSSR count). The first-order chi connectivity index (χ1) is 15.7. The van der Waals surface area contributed by atoms with Crippen molar-refractivity contribution in [3.05, 3.63) is 82.9 Å². The van der Waals surface area contributed by atoms with Gasteiger partial charge in [-0.1, -0.05) is 74.0 Å². The molecule has 1 amide bonds. The van der Waals surface area contributed by atoms with Gasteiger partial charge in [0.2, 0.25) is 0 Å². The Balaban J connectivity index is 1.55. The molecular weight excluding hydrogens is 418 g/mol. The van der Waals surface area contributed by atoms with Crippen molar-refractivity contribution in [3.8, 4) is 16.3 Å². The lowest BCUT2D eigenvalue weighted by molar-refractivity contribution is 0.0958. The van der Waals surface area contributed by atoms with Gasteiger partial charge in [-0.3, -0.25) is 4.79 Å². The van der Waals surface area contributed by atoms with Crippen LogP contribution in [0.25, 0.3) is 21.3 Å². The van der Waals surface area contributed by atoms with Gasteiger partial charge < -0.3 is 4.74 Å². The molecule has 0 fully saturated rings. The first-order valence-corrected chi connectivity index (χ1v) is 11.5. The highest BCUT2D eigenvalue weighted by atomic mass is 32.1. The summed E-state index contributed by atoms with van der Waals surface area (Å²) in [6.45, 7) is 4.61. The Morgan fingerprint density at radius 2 is 1.88 bits per heavy atom. The second-order valence-electron chi connectivity index (χ2n) is 7.40. The van der Waals surface area contributed by atoms with Gasteiger partial charge in [0.1, 0.15) is 15.6 Å². The number of rotatable bonds is 8. The lowest BCUT2D eigenvalue weighted by Gasteiger charge is -2.11. The predicted molar refractivity (Wildman–Crippen MR) is 132 cm³/mol. The molecular formula is C26H25N3O2S. The van der Waals surface area contributed by atoms with Gasteiger partial charge in [-0.15, -0.1) is 11.3 Å². The topological polar surface area (TPSA) is 63.6 Å². The van der Waals surface area contributed by atoms with Crippen LogP contribution in [0.3, 0.4) is 0 Å². The van der Waals surface area contributed by atoms with Gasteiger partial charge in [-0.2, -0.15) is 5.10 Å². The molecule has 0 aliphatic carbocycles. The monoisotopic (exact) mass is 443 g/mol. The standard InChI is InChI=1S/C26H25N3O2S/c1-3-4-16-31-23-15-14-19-10-8-9-13-21(19)22(23)17-27-29-25(30)24-18(2)28-26(32-24)20-11-6-5-7-12-20/h5-15,17H,3-4,16H2,1-2H3,(H,29,30)/b27-17+. The Labute approximate surface area is 191 Å². The molecule has 3 aromatic carbocycles. The Morgan fingerprint density at radius 1 is 1.09 bits per heavy atom. The zero-order valence-corrected chi connectivity index (χ0v) is 19.0. The SMILES string of the molecule is CCCCOc1ccc2ccccc2c1/C=N/NC(=O)c1sc(-c2ccccc2)nc1C. The van der Waals surface area contributed by atoms with E-state index in [1.54, 1.807) is 6.21 Å². The van der Waals surface area contributed by atoms with Gasteiger partial charge in [0.25, 0.3) is 5.91 Å². The fourth-order valence-corrected chi connectivity index (χ4v) is 4.34. The number of hydrazone groups is 1. The zero-order valence-electron chi connectivity index (χ0n) is 18.2. The Morgan fingerprint density at radius 3 is 2.69 bits per heavy atom. The largest absolute Gasteiger partial charge is 0.493 e. The van der Waals surface area contributed by atoms with Crippen molar-refractivity contribution in [2.45, 2.75) is 26.7 Å². The van der Waals surface area contributed by atoms with Crippen LogP contribution in [0.4, 0.5) is 0 Å². The van der Waals surface area contributed by atoms with Crippen LogP contribution >= 0.6 is 11.3 Å². The number of hydrogen-bond donors (Lipinski definition) is 1. The molecule has 32 heavy (non-hydrogen) atoms. The molecule has 0 radical (unpaired) electrons. The van der Waals surface area contributed by atoms with Crippen LogP contribution in [0.15, 0.2) is 71.8 Å². The second kappa shape index (κ2) is 10.2. The first kappa shape index (κ1) is 21.7. The number of carbonyl (C=O) groups excluding carboxylic acids is 1. The smallest absolute Gasteiger partial charge is 0.283 e. The molecule has 0 bridgehead atoms. The van der Waals surface area contributed by atoms with E-state index in [9.17, 15) is 4.79 Å². The zero-order chi connectivity index (χ0) is 22.3. The van der Waals surface area contributed by atoms with Crippen molar-refractivity contribution < 1.29 is 9.53 Å². The summed E-state index contributed by atoms with van der Waals surface area (Å²) in [5.41, 5.74) is 5.19. The number of unbranched alkanes of at least 4 members (excludes halogenated alkanes) is 1. The molecule has 0 spiro atoms. The van der Waals surface area contributed by atoms with Gasteiger partial charge in [-0.05, 0) is 30.2 Å². The first-order valence-electron chi connectivity index (χ1n) is 10.7. The van der Waals surface area contributed by atoms with Gasteiger partial charge in [0.05, 0.1) is 18.5 Å². The average molecular weight is 444 g/mol. The van der Waals surface area contributed by atoms with Crippen molar-refractivity contribution >= 4 is 34.2 Å². The Hall–Kier alpha value is -3.51. The number of fused-ring (bicyclic) bond motifs is 1. The highest BCUT2D eigenvalue weighted by Gasteiger charge is 2.16. The molecule has 6 heteroatoms. The van der Waals surface area contributed by atoms with E-state index in [2.05, 4.69) is 22.4 Å². The summed E-state index contributed by atoms with van der Waals surface area (Å²) in [4.78, 5) is 17.9. The van der Waals surface area contributed by atoms with E-state index in [-0.39, 0.29) is 5.91 Å². The molecule has 1 heterocycles. The van der Waals surface area contributed by atoms with E-state index in [0.717, 1.165) is 45.5 Å². The van der Waals surface area contributed by atoms with Crippen molar-refractivity contribution in [2.24, 2.45) is 5.10 Å². The molecule has 0 aliphatic heterocycles. The quantitative estimate of drug-likeness (QED) is 0.200. The molecule has 0 aliphatic rings. The van der Waals surface area contributed by atoms with Gasteiger partial charge in [0, 0.05) is 11.1 Å². The number of ether oxygens (including phenoxy) is 1. The number of nitrogens with one attached hydrogen (secondary N) is 1. The maximum Gasteiger partial charge on any atom is 0.283 e. The molecule has 162 valence electrons. The van der Waals surface area contributed by atoms with Crippen LogP contribution in [0.5, 0.6) is 5.75 Å². The van der Waals surface area contributed by atoms with Gasteiger partial charge >= 0.3 is 0 Å². The number of benzene rings is 3. The summed E-state index contributed by atoms with van der Waals surface area (Å²) < 4.78 is 5.99. The highest BCUT2D eigenvalue weighted by molar-refractivity contribution is 7.17. The highest BCUT2D eigenvalue weighted by Crippen LogP contribution is 2.28. The summed E-state index contributed by atoms with van der Waals surface area (Å²) in [5.74, 6) is 0.489. The predicted octanol–water partition coefficient (Wildman–Crippen LogP) is 6.21. The van der Waals surface area contributed by atoms with Crippen LogP contribution in [0.1, 0.15) is 40.7 Å². The Bertz CT molecular complexity index is 1250. The lowest BCUT2D eigenvalue weighted by Crippen LogP contribution is -2.17. The van der Waals surface area contributed by atoms with E-state index >= 15 is 0 Å². The van der Waals surface area contributed by atoms with E-state index in [4.69, 9.17) is 4.74 Å². The molecule has 0 atom stereocenters. The summed E-state index contributed by atoms with van der Waals surface area (Å²) in [5, 5.41) is 7.19. The minimum absolute atomic E-state index is 0.271. The Kier molecular flexibility index (Phi) is 6.92. The molecule has 5 nitrogen and oxygen atoms in total. The summed E-state index contributed by atoms with van der Waals surface area (Å²) in [6.07, 6.45) is 3.71. The number of nitrogens with zero attached hydrogens (tertiary/aromatic N) is 2. The number of aromatic nitrogens is 1. The van der Waals surface area contributed by atoms with E-state index in [1.807, 2.05) is 73.7 Å². The minimum Gasteiger partial charge on any atom is -0.493 e. The van der Waals surface area contributed by atoms with E-state index < -0.39 is 0 Å². The van der Waals surface area contributed by atoms with Gasteiger partial charge in [0.15, 0.2) is 0 Å². The minimum atomic E-state index is -0.271. The lowest BCUT2D eigenvalue weighted by atomic mass is 10.0. The fourth-order valence-electron chi connectivity index (χ4n) is 3.38.